The Morgan fingerprint density at radius 1 is 1.25 bits per heavy atom. The van der Waals surface area contributed by atoms with Crippen LogP contribution < -0.4 is 5.32 Å². The summed E-state index contributed by atoms with van der Waals surface area (Å²) in [6.45, 7) is 6.06. The van der Waals surface area contributed by atoms with Gasteiger partial charge in [0.05, 0.1) is 24.4 Å². The van der Waals surface area contributed by atoms with Crippen LogP contribution in [0, 0.1) is 13.8 Å². The van der Waals surface area contributed by atoms with Crippen molar-refractivity contribution in [2.24, 2.45) is 0 Å². The number of aryl methyl sites for hydroxylation is 2. The Morgan fingerprint density at radius 2 is 2.00 bits per heavy atom. The lowest BCUT2D eigenvalue weighted by Crippen LogP contribution is -2.41. The van der Waals surface area contributed by atoms with E-state index in [2.05, 4.69) is 10.3 Å². The first-order valence-electron chi connectivity index (χ1n) is 7.76. The fraction of sp³-hybridized carbons (Fsp3) is 0.353. The van der Waals surface area contributed by atoms with Crippen molar-refractivity contribution in [1.29, 1.82) is 0 Å². The Balaban J connectivity index is 1.78. The van der Waals surface area contributed by atoms with Gasteiger partial charge in [-0.3, -0.25) is 9.59 Å². The molecule has 1 saturated heterocycles. The summed E-state index contributed by atoms with van der Waals surface area (Å²) in [5, 5.41) is 3.67. The third-order valence-electron chi connectivity index (χ3n) is 3.87. The standard InChI is InChI=1S/C17H19N3O3S/c1-11-3-4-13(19-16(21)15-10-18-12(2)24-15)9-14(11)17(22)20-5-7-23-8-6-20/h3-4,9-10H,5-8H2,1-2H3,(H,19,21). The van der Waals surface area contributed by atoms with Crippen molar-refractivity contribution in [2.45, 2.75) is 13.8 Å². The van der Waals surface area contributed by atoms with Crippen LogP contribution in [-0.4, -0.2) is 48.0 Å². The molecule has 0 atom stereocenters. The molecule has 3 rings (SSSR count). The number of carbonyl (C=O) groups is 2. The molecule has 1 aliphatic rings. The minimum Gasteiger partial charge on any atom is -0.378 e. The summed E-state index contributed by atoms with van der Waals surface area (Å²) >= 11 is 1.34. The highest BCUT2D eigenvalue weighted by Crippen LogP contribution is 2.20. The van der Waals surface area contributed by atoms with E-state index in [0.29, 0.717) is 42.4 Å². The van der Waals surface area contributed by atoms with Gasteiger partial charge in [-0.25, -0.2) is 4.98 Å². The molecule has 1 N–H and O–H groups in total. The maximum Gasteiger partial charge on any atom is 0.267 e. The summed E-state index contributed by atoms with van der Waals surface area (Å²) < 4.78 is 5.29. The van der Waals surface area contributed by atoms with Crippen molar-refractivity contribution in [3.8, 4) is 0 Å². The highest BCUT2D eigenvalue weighted by Gasteiger charge is 2.20. The van der Waals surface area contributed by atoms with Crippen molar-refractivity contribution >= 4 is 28.8 Å². The molecule has 1 fully saturated rings. The number of hydrogen-bond donors (Lipinski definition) is 1. The molecule has 1 aromatic carbocycles. The highest BCUT2D eigenvalue weighted by molar-refractivity contribution is 7.13. The van der Waals surface area contributed by atoms with Crippen molar-refractivity contribution < 1.29 is 14.3 Å². The van der Waals surface area contributed by atoms with E-state index >= 15 is 0 Å². The molecular formula is C17H19N3O3S. The van der Waals surface area contributed by atoms with E-state index in [4.69, 9.17) is 4.74 Å². The largest absolute Gasteiger partial charge is 0.378 e. The van der Waals surface area contributed by atoms with Gasteiger partial charge >= 0.3 is 0 Å². The normalized spacial score (nSPS) is 14.5. The monoisotopic (exact) mass is 345 g/mol. The topological polar surface area (TPSA) is 71.5 Å². The minimum atomic E-state index is -0.214. The molecule has 0 aliphatic carbocycles. The number of anilines is 1. The second-order valence-electron chi connectivity index (χ2n) is 5.63. The van der Waals surface area contributed by atoms with Gasteiger partial charge < -0.3 is 15.0 Å². The van der Waals surface area contributed by atoms with Crippen LogP contribution >= 0.6 is 11.3 Å². The molecule has 1 aromatic heterocycles. The van der Waals surface area contributed by atoms with E-state index in [1.807, 2.05) is 19.9 Å². The Bertz CT molecular complexity index is 766. The maximum absolute atomic E-state index is 12.7. The van der Waals surface area contributed by atoms with Crippen LogP contribution in [0.15, 0.2) is 24.4 Å². The first-order chi connectivity index (χ1) is 11.5. The molecule has 24 heavy (non-hydrogen) atoms. The summed E-state index contributed by atoms with van der Waals surface area (Å²) in [6, 6.07) is 5.39. The molecule has 6 nitrogen and oxygen atoms in total. The number of carbonyl (C=O) groups excluding carboxylic acids is 2. The van der Waals surface area contributed by atoms with Crippen molar-refractivity contribution in [3.63, 3.8) is 0 Å². The van der Waals surface area contributed by atoms with E-state index in [1.165, 1.54) is 11.3 Å². The van der Waals surface area contributed by atoms with Gasteiger partial charge in [-0.2, -0.15) is 0 Å². The third kappa shape index (κ3) is 3.63. The van der Waals surface area contributed by atoms with Gasteiger partial charge in [-0.15, -0.1) is 11.3 Å². The zero-order valence-corrected chi connectivity index (χ0v) is 14.5. The molecular weight excluding hydrogens is 326 g/mol. The Hall–Kier alpha value is -2.25. The molecule has 0 bridgehead atoms. The number of rotatable bonds is 3. The molecule has 0 saturated carbocycles. The van der Waals surface area contributed by atoms with E-state index in [-0.39, 0.29) is 11.8 Å². The van der Waals surface area contributed by atoms with E-state index in [1.54, 1.807) is 23.2 Å². The Morgan fingerprint density at radius 3 is 2.67 bits per heavy atom. The number of hydrogen-bond acceptors (Lipinski definition) is 5. The number of ether oxygens (including phenoxy) is 1. The lowest BCUT2D eigenvalue weighted by Gasteiger charge is -2.27. The van der Waals surface area contributed by atoms with Gasteiger partial charge in [0.1, 0.15) is 4.88 Å². The van der Waals surface area contributed by atoms with Gasteiger partial charge in [0.2, 0.25) is 0 Å². The fourth-order valence-corrected chi connectivity index (χ4v) is 3.20. The molecule has 2 heterocycles. The van der Waals surface area contributed by atoms with Crippen LogP contribution in [0.25, 0.3) is 0 Å². The average molecular weight is 345 g/mol. The lowest BCUT2D eigenvalue weighted by atomic mass is 10.1. The first-order valence-corrected chi connectivity index (χ1v) is 8.57. The molecule has 2 amide bonds. The number of benzene rings is 1. The lowest BCUT2D eigenvalue weighted by molar-refractivity contribution is 0.0302. The van der Waals surface area contributed by atoms with Gasteiger partial charge in [-0.1, -0.05) is 6.07 Å². The number of amides is 2. The van der Waals surface area contributed by atoms with E-state index < -0.39 is 0 Å². The SMILES string of the molecule is Cc1ncc(C(=O)Nc2ccc(C)c(C(=O)N3CCOCC3)c2)s1. The second kappa shape index (κ2) is 7.11. The average Bonchev–Trinajstić information content (AvgIpc) is 3.03. The molecule has 1 aliphatic heterocycles. The van der Waals surface area contributed by atoms with Crippen LogP contribution in [0.3, 0.4) is 0 Å². The number of nitrogens with one attached hydrogen (secondary N) is 1. The predicted molar refractivity (Wildman–Crippen MR) is 92.7 cm³/mol. The highest BCUT2D eigenvalue weighted by atomic mass is 32.1. The third-order valence-corrected chi connectivity index (χ3v) is 4.78. The second-order valence-corrected chi connectivity index (χ2v) is 6.87. The predicted octanol–water partition coefficient (Wildman–Crippen LogP) is 2.48. The molecule has 7 heteroatoms. The number of nitrogens with zero attached hydrogens (tertiary/aromatic N) is 2. The molecule has 0 spiro atoms. The summed E-state index contributed by atoms with van der Waals surface area (Å²) in [5.41, 5.74) is 2.10. The first kappa shape index (κ1) is 16.6. The number of morpholine rings is 1. The van der Waals surface area contributed by atoms with Crippen molar-refractivity contribution in [3.05, 3.63) is 45.4 Å². The number of aromatic nitrogens is 1. The minimum absolute atomic E-state index is 0.0273. The van der Waals surface area contributed by atoms with Crippen molar-refractivity contribution in [2.75, 3.05) is 31.6 Å². The van der Waals surface area contributed by atoms with Gasteiger partial charge in [0.15, 0.2) is 0 Å². The van der Waals surface area contributed by atoms with E-state index in [9.17, 15) is 9.59 Å². The quantitative estimate of drug-likeness (QED) is 0.928. The summed E-state index contributed by atoms with van der Waals surface area (Å²) in [5.74, 6) is -0.241. The van der Waals surface area contributed by atoms with E-state index in [0.717, 1.165) is 10.6 Å². The van der Waals surface area contributed by atoms with Crippen LogP contribution in [0.4, 0.5) is 5.69 Å². The van der Waals surface area contributed by atoms with Gasteiger partial charge in [0.25, 0.3) is 11.8 Å². The smallest absolute Gasteiger partial charge is 0.267 e. The zero-order chi connectivity index (χ0) is 17.1. The Labute approximate surface area is 144 Å². The van der Waals surface area contributed by atoms with Crippen molar-refractivity contribution in [1.82, 2.24) is 9.88 Å². The summed E-state index contributed by atoms with van der Waals surface area (Å²) in [6.07, 6.45) is 1.56. The van der Waals surface area contributed by atoms with Crippen LogP contribution in [-0.2, 0) is 4.74 Å². The molecule has 0 radical (unpaired) electrons. The zero-order valence-electron chi connectivity index (χ0n) is 13.7. The van der Waals surface area contributed by atoms with Crippen LogP contribution in [0.5, 0.6) is 0 Å². The molecule has 2 aromatic rings. The van der Waals surface area contributed by atoms with Crippen LogP contribution in [0.2, 0.25) is 0 Å². The summed E-state index contributed by atoms with van der Waals surface area (Å²) in [7, 11) is 0. The fourth-order valence-electron chi connectivity index (χ4n) is 2.53. The van der Waals surface area contributed by atoms with Gasteiger partial charge in [-0.05, 0) is 31.5 Å². The molecule has 126 valence electrons. The Kier molecular flexibility index (Phi) is 4.92. The number of thiazole rings is 1. The summed E-state index contributed by atoms with van der Waals surface area (Å²) in [4.78, 5) is 31.3. The van der Waals surface area contributed by atoms with Crippen LogP contribution in [0.1, 0.15) is 30.6 Å². The molecule has 0 unspecified atom stereocenters. The van der Waals surface area contributed by atoms with Gasteiger partial charge in [0, 0.05) is 24.3 Å². The maximum atomic E-state index is 12.7.